The highest BCUT2D eigenvalue weighted by molar-refractivity contribution is 6.06. The molecule has 0 aliphatic rings. The minimum atomic E-state index is -0.579. The van der Waals surface area contributed by atoms with Gasteiger partial charge in [0.2, 0.25) is 5.91 Å². The Morgan fingerprint density at radius 2 is 1.63 bits per heavy atom. The van der Waals surface area contributed by atoms with Gasteiger partial charge in [-0.15, -0.1) is 0 Å². The smallest absolute Gasteiger partial charge is 0.237 e. The van der Waals surface area contributed by atoms with Gasteiger partial charge in [-0.3, -0.25) is 4.79 Å². The molecule has 1 amide bonds. The van der Waals surface area contributed by atoms with Gasteiger partial charge in [0.15, 0.2) is 5.82 Å². The number of benzene rings is 3. The van der Waals surface area contributed by atoms with Crippen LogP contribution in [0.5, 0.6) is 0 Å². The number of hydrogen-bond acceptors (Lipinski definition) is 5. The number of nitrogens with two attached hydrogens (primary N) is 2. The molecule has 7 heteroatoms. The molecule has 3 aromatic carbocycles. The number of nitrogen functional groups attached to an aromatic ring is 1. The molecule has 7 nitrogen and oxygen atoms in total. The van der Waals surface area contributed by atoms with Crippen LogP contribution in [0.3, 0.4) is 0 Å². The first-order chi connectivity index (χ1) is 18.5. The van der Waals surface area contributed by atoms with E-state index in [1.54, 1.807) is 0 Å². The number of rotatable bonds is 10. The van der Waals surface area contributed by atoms with Crippen molar-refractivity contribution in [1.29, 1.82) is 0 Å². The quantitative estimate of drug-likeness (QED) is 0.253. The number of nitrogens with one attached hydrogen (secondary N) is 1. The second kappa shape index (κ2) is 11.4. The first-order valence-corrected chi connectivity index (χ1v) is 13.2. The Labute approximate surface area is 222 Å². The van der Waals surface area contributed by atoms with Crippen LogP contribution in [0.15, 0.2) is 78.9 Å². The third-order valence-corrected chi connectivity index (χ3v) is 6.91. The van der Waals surface area contributed by atoms with Crippen molar-refractivity contribution in [3.05, 3.63) is 101 Å². The summed E-state index contributed by atoms with van der Waals surface area (Å²) in [5.41, 5.74) is 18.4. The maximum Gasteiger partial charge on any atom is 0.237 e. The molecule has 0 aliphatic heterocycles. The number of aromatic nitrogens is 3. The molecule has 5 aromatic rings. The zero-order valence-electron chi connectivity index (χ0n) is 21.7. The topological polar surface area (TPSA) is 112 Å². The van der Waals surface area contributed by atoms with Crippen molar-refractivity contribution in [2.75, 3.05) is 5.73 Å². The number of para-hydroxylation sites is 1. The van der Waals surface area contributed by atoms with Gasteiger partial charge in [0, 0.05) is 24.9 Å². The van der Waals surface area contributed by atoms with Crippen molar-refractivity contribution in [2.45, 2.75) is 51.7 Å². The standard InChI is InChI=1S/C31H34N6O/c1-2-3-13-27-36-28-29(24-11-7-8-12-26(24)35-30(28)33)37(27)20-23-16-14-22(15-17-23)19-34-31(38)25(32)18-21-9-5-4-6-10-21/h4-12,14-17,25H,2-3,13,18-20,32H2,1H3,(H2,33,35)(H,34,38). The van der Waals surface area contributed by atoms with Crippen molar-refractivity contribution < 1.29 is 4.79 Å². The lowest BCUT2D eigenvalue weighted by Gasteiger charge is -2.13. The van der Waals surface area contributed by atoms with Crippen molar-refractivity contribution in [3.63, 3.8) is 0 Å². The van der Waals surface area contributed by atoms with E-state index in [0.29, 0.717) is 25.3 Å². The summed E-state index contributed by atoms with van der Waals surface area (Å²) in [4.78, 5) is 22.0. The van der Waals surface area contributed by atoms with Gasteiger partial charge < -0.3 is 21.4 Å². The van der Waals surface area contributed by atoms with Gasteiger partial charge in [-0.2, -0.15) is 0 Å². The number of anilines is 1. The fourth-order valence-corrected chi connectivity index (χ4v) is 4.83. The molecule has 1 atom stereocenters. The average Bonchev–Trinajstić information content (AvgIpc) is 3.30. The van der Waals surface area contributed by atoms with Crippen LogP contribution in [0.1, 0.15) is 42.3 Å². The maximum atomic E-state index is 12.5. The third kappa shape index (κ3) is 5.53. The van der Waals surface area contributed by atoms with E-state index in [9.17, 15) is 4.79 Å². The Hall–Kier alpha value is -4.23. The van der Waals surface area contributed by atoms with Gasteiger partial charge in [0.05, 0.1) is 17.1 Å². The molecule has 194 valence electrons. The number of aryl methyl sites for hydroxylation is 1. The Balaban J connectivity index is 1.33. The number of hydrogen-bond donors (Lipinski definition) is 3. The summed E-state index contributed by atoms with van der Waals surface area (Å²) >= 11 is 0. The molecule has 0 spiro atoms. The number of amides is 1. The Morgan fingerprint density at radius 1 is 0.921 bits per heavy atom. The normalized spacial score (nSPS) is 12.2. The first-order valence-electron chi connectivity index (χ1n) is 13.2. The number of pyridine rings is 1. The lowest BCUT2D eigenvalue weighted by Crippen LogP contribution is -2.41. The Bertz CT molecular complexity index is 1540. The summed E-state index contributed by atoms with van der Waals surface area (Å²) in [7, 11) is 0. The van der Waals surface area contributed by atoms with Gasteiger partial charge in [-0.1, -0.05) is 86.1 Å². The molecule has 0 aliphatic carbocycles. The summed E-state index contributed by atoms with van der Waals surface area (Å²) in [5, 5.41) is 4.02. The van der Waals surface area contributed by atoms with Crippen LogP contribution in [-0.4, -0.2) is 26.5 Å². The van der Waals surface area contributed by atoms with E-state index in [1.807, 2.05) is 48.5 Å². The third-order valence-electron chi connectivity index (χ3n) is 6.91. The summed E-state index contributed by atoms with van der Waals surface area (Å²) in [5.74, 6) is 1.34. The van der Waals surface area contributed by atoms with E-state index >= 15 is 0 Å². The van der Waals surface area contributed by atoms with Crippen LogP contribution in [0, 0.1) is 0 Å². The second-order valence-corrected chi connectivity index (χ2v) is 9.76. The number of imidazole rings is 1. The fourth-order valence-electron chi connectivity index (χ4n) is 4.83. The molecule has 0 saturated carbocycles. The SMILES string of the molecule is CCCCc1nc2c(N)nc3ccccc3c2n1Cc1ccc(CNC(=O)C(N)Cc2ccccc2)cc1. The minimum absolute atomic E-state index is 0.151. The van der Waals surface area contributed by atoms with Crippen LogP contribution in [0.2, 0.25) is 0 Å². The number of carbonyl (C=O) groups is 1. The monoisotopic (exact) mass is 506 g/mol. The van der Waals surface area contributed by atoms with Gasteiger partial charge in [-0.25, -0.2) is 9.97 Å². The van der Waals surface area contributed by atoms with Crippen molar-refractivity contribution >= 4 is 33.7 Å². The second-order valence-electron chi connectivity index (χ2n) is 9.76. The molecule has 0 saturated heterocycles. The molecule has 2 heterocycles. The number of unbranched alkanes of at least 4 members (excludes halogenated alkanes) is 1. The number of fused-ring (bicyclic) bond motifs is 3. The minimum Gasteiger partial charge on any atom is -0.382 e. The summed E-state index contributed by atoms with van der Waals surface area (Å²) < 4.78 is 2.28. The molecule has 0 radical (unpaired) electrons. The van der Waals surface area contributed by atoms with Crippen LogP contribution >= 0.6 is 0 Å². The predicted octanol–water partition coefficient (Wildman–Crippen LogP) is 4.74. The highest BCUT2D eigenvalue weighted by Crippen LogP contribution is 2.30. The maximum absolute atomic E-state index is 12.5. The Kier molecular flexibility index (Phi) is 7.65. The molecule has 0 bridgehead atoms. The van der Waals surface area contributed by atoms with E-state index in [4.69, 9.17) is 16.5 Å². The summed E-state index contributed by atoms with van der Waals surface area (Å²) in [6, 6.07) is 25.6. The lowest BCUT2D eigenvalue weighted by atomic mass is 10.1. The van der Waals surface area contributed by atoms with Crippen LogP contribution in [-0.2, 0) is 30.7 Å². The van der Waals surface area contributed by atoms with Crippen molar-refractivity contribution in [2.24, 2.45) is 5.73 Å². The van der Waals surface area contributed by atoms with Crippen LogP contribution < -0.4 is 16.8 Å². The van der Waals surface area contributed by atoms with Gasteiger partial charge in [0.25, 0.3) is 0 Å². The van der Waals surface area contributed by atoms with Gasteiger partial charge >= 0.3 is 0 Å². The van der Waals surface area contributed by atoms with Crippen molar-refractivity contribution in [1.82, 2.24) is 19.9 Å². The highest BCUT2D eigenvalue weighted by Gasteiger charge is 2.18. The summed E-state index contributed by atoms with van der Waals surface area (Å²) in [6.07, 6.45) is 3.54. The van der Waals surface area contributed by atoms with E-state index in [-0.39, 0.29) is 5.91 Å². The average molecular weight is 507 g/mol. The molecule has 38 heavy (non-hydrogen) atoms. The van der Waals surface area contributed by atoms with E-state index in [0.717, 1.165) is 63.7 Å². The molecule has 1 unspecified atom stereocenters. The molecule has 5 N–H and O–H groups in total. The summed E-state index contributed by atoms with van der Waals surface area (Å²) in [6.45, 7) is 3.30. The fraction of sp³-hybridized carbons (Fsp3) is 0.258. The molecule has 5 rings (SSSR count). The first kappa shape index (κ1) is 25.4. The Morgan fingerprint density at radius 3 is 2.39 bits per heavy atom. The van der Waals surface area contributed by atoms with E-state index in [1.165, 1.54) is 0 Å². The predicted molar refractivity (Wildman–Crippen MR) is 154 cm³/mol. The highest BCUT2D eigenvalue weighted by atomic mass is 16.2. The lowest BCUT2D eigenvalue weighted by molar-refractivity contribution is -0.122. The number of carbonyl (C=O) groups excluding carboxylic acids is 1. The van der Waals surface area contributed by atoms with Crippen LogP contribution in [0.25, 0.3) is 21.9 Å². The van der Waals surface area contributed by atoms with Crippen molar-refractivity contribution in [3.8, 4) is 0 Å². The molecule has 0 fully saturated rings. The molecule has 2 aromatic heterocycles. The van der Waals surface area contributed by atoms with Crippen LogP contribution in [0.4, 0.5) is 5.82 Å². The largest absolute Gasteiger partial charge is 0.382 e. The zero-order chi connectivity index (χ0) is 26.5. The van der Waals surface area contributed by atoms with Gasteiger partial charge in [0.1, 0.15) is 11.3 Å². The van der Waals surface area contributed by atoms with Gasteiger partial charge in [-0.05, 0) is 35.6 Å². The van der Waals surface area contributed by atoms with E-state index < -0.39 is 6.04 Å². The zero-order valence-corrected chi connectivity index (χ0v) is 21.7. The van der Waals surface area contributed by atoms with E-state index in [2.05, 4.69) is 52.1 Å². The molecular formula is C31H34N6O. The molecular weight excluding hydrogens is 472 g/mol. The number of nitrogens with zero attached hydrogens (tertiary/aromatic N) is 3.